The zero-order valence-electron chi connectivity index (χ0n) is 14.4. The van der Waals surface area contributed by atoms with Crippen LogP contribution in [0.1, 0.15) is 40.0 Å². The lowest BCUT2D eigenvalue weighted by Gasteiger charge is -2.26. The molecule has 0 spiro atoms. The van der Waals surface area contributed by atoms with Gasteiger partial charge in [-0.2, -0.15) is 19.6 Å². The first kappa shape index (κ1) is 17.5. The van der Waals surface area contributed by atoms with Gasteiger partial charge >= 0.3 is 0 Å². The second kappa shape index (κ2) is 8.67. The molecule has 2 aromatic rings. The fourth-order valence-corrected chi connectivity index (χ4v) is 2.73. The molecule has 0 amide bonds. The predicted molar refractivity (Wildman–Crippen MR) is 93.2 cm³/mol. The average molecular weight is 320 g/mol. The van der Waals surface area contributed by atoms with Gasteiger partial charge in [-0.1, -0.05) is 19.8 Å². The Labute approximate surface area is 138 Å². The van der Waals surface area contributed by atoms with E-state index in [2.05, 4.69) is 51.7 Å². The van der Waals surface area contributed by atoms with Gasteiger partial charge in [-0.3, -0.25) is 0 Å². The van der Waals surface area contributed by atoms with Crippen LogP contribution in [0.5, 0.6) is 0 Å². The van der Waals surface area contributed by atoms with E-state index in [9.17, 15) is 5.11 Å². The van der Waals surface area contributed by atoms with E-state index in [1.54, 1.807) is 4.52 Å². The third-order valence-electron chi connectivity index (χ3n) is 4.03. The molecule has 2 heterocycles. The molecule has 1 N–H and O–H groups in total. The van der Waals surface area contributed by atoms with Crippen LogP contribution in [0.15, 0.2) is 12.4 Å². The van der Waals surface area contributed by atoms with Crippen molar-refractivity contribution in [3.05, 3.63) is 12.4 Å². The normalized spacial score (nSPS) is 11.1. The second-order valence-corrected chi connectivity index (χ2v) is 5.53. The van der Waals surface area contributed by atoms with E-state index in [1.807, 2.05) is 0 Å². The first-order valence-corrected chi connectivity index (χ1v) is 8.56. The number of anilines is 2. The Morgan fingerprint density at radius 1 is 1.09 bits per heavy atom. The molecule has 7 nitrogen and oxygen atoms in total. The topological polar surface area (TPSA) is 69.8 Å². The van der Waals surface area contributed by atoms with Gasteiger partial charge in [-0.15, -0.1) is 0 Å². The lowest BCUT2D eigenvalue weighted by atomic mass is 10.2. The Morgan fingerprint density at radius 2 is 1.87 bits per heavy atom. The molecule has 0 aliphatic carbocycles. The highest BCUT2D eigenvalue weighted by Crippen LogP contribution is 2.22. The van der Waals surface area contributed by atoms with Crippen LogP contribution in [0.2, 0.25) is 0 Å². The smallest absolute Gasteiger partial charge is 0.256 e. The highest BCUT2D eigenvalue weighted by molar-refractivity contribution is 5.56. The van der Waals surface area contributed by atoms with E-state index in [1.165, 1.54) is 19.2 Å². The lowest BCUT2D eigenvalue weighted by Crippen LogP contribution is -2.31. The van der Waals surface area contributed by atoms with Gasteiger partial charge in [0.2, 0.25) is 0 Å². The molecule has 0 fully saturated rings. The van der Waals surface area contributed by atoms with Gasteiger partial charge in [-0.25, -0.2) is 0 Å². The number of fused-ring (bicyclic) bond motifs is 1. The fourth-order valence-electron chi connectivity index (χ4n) is 2.73. The molecule has 0 aliphatic heterocycles. The van der Waals surface area contributed by atoms with E-state index < -0.39 is 0 Å². The Kier molecular flexibility index (Phi) is 6.58. The van der Waals surface area contributed by atoms with E-state index in [0.29, 0.717) is 12.3 Å². The number of aliphatic hydroxyl groups is 1. The fraction of sp³-hybridized carbons (Fsp3) is 0.688. The summed E-state index contributed by atoms with van der Waals surface area (Å²) < 4.78 is 1.76. The summed E-state index contributed by atoms with van der Waals surface area (Å²) in [6.07, 6.45) is 4.97. The van der Waals surface area contributed by atoms with Crippen LogP contribution >= 0.6 is 0 Å². The summed E-state index contributed by atoms with van der Waals surface area (Å²) in [5.41, 5.74) is 0. The largest absolute Gasteiger partial charge is 0.395 e. The zero-order chi connectivity index (χ0) is 16.7. The molecule has 0 aliphatic rings. The lowest BCUT2D eigenvalue weighted by molar-refractivity contribution is 0.301. The number of unbranched alkanes of at least 4 members (excludes halogenated alkanes) is 2. The number of aliphatic hydroxyl groups excluding tert-OH is 1. The number of hydrogen-bond donors (Lipinski definition) is 1. The minimum Gasteiger partial charge on any atom is -0.395 e. The van der Waals surface area contributed by atoms with Crippen LogP contribution in [0, 0.1) is 0 Å². The van der Waals surface area contributed by atoms with Crippen molar-refractivity contribution in [2.24, 2.45) is 0 Å². The summed E-state index contributed by atoms with van der Waals surface area (Å²) in [5, 5.41) is 13.7. The minimum atomic E-state index is 0.116. The summed E-state index contributed by atoms with van der Waals surface area (Å²) in [5.74, 6) is 2.45. The molecule has 7 heteroatoms. The molecule has 0 saturated heterocycles. The van der Waals surface area contributed by atoms with Crippen molar-refractivity contribution in [2.45, 2.75) is 40.0 Å². The van der Waals surface area contributed by atoms with Gasteiger partial charge in [0.25, 0.3) is 5.78 Å². The number of rotatable bonds is 10. The minimum absolute atomic E-state index is 0.116. The zero-order valence-corrected chi connectivity index (χ0v) is 14.4. The standard InChI is InChI=1S/C16H28N6O/c1-4-7-8-9-21(10-11-23)15-12-14(20(5-2)6-3)19-16-17-13-18-22(15)16/h12-13,23H,4-11H2,1-3H3. The average Bonchev–Trinajstić information content (AvgIpc) is 3.03. The highest BCUT2D eigenvalue weighted by Gasteiger charge is 2.16. The first-order valence-electron chi connectivity index (χ1n) is 8.56. The first-order chi connectivity index (χ1) is 11.2. The van der Waals surface area contributed by atoms with E-state index in [4.69, 9.17) is 0 Å². The summed E-state index contributed by atoms with van der Waals surface area (Å²) >= 11 is 0. The second-order valence-electron chi connectivity index (χ2n) is 5.53. The van der Waals surface area contributed by atoms with Gasteiger partial charge in [0.15, 0.2) is 0 Å². The maximum atomic E-state index is 9.44. The molecule has 0 bridgehead atoms. The molecular formula is C16H28N6O. The SMILES string of the molecule is CCCCCN(CCO)c1cc(N(CC)CC)nc2ncnn12. The van der Waals surface area contributed by atoms with Crippen LogP contribution < -0.4 is 9.80 Å². The monoisotopic (exact) mass is 320 g/mol. The van der Waals surface area contributed by atoms with Crippen LogP contribution in [0.4, 0.5) is 11.6 Å². The molecule has 23 heavy (non-hydrogen) atoms. The molecule has 2 rings (SSSR count). The summed E-state index contributed by atoms with van der Waals surface area (Å²) in [6, 6.07) is 2.05. The molecule has 128 valence electrons. The molecule has 2 aromatic heterocycles. The Balaban J connectivity index is 2.39. The van der Waals surface area contributed by atoms with Gasteiger partial charge in [0.05, 0.1) is 6.61 Å². The Morgan fingerprint density at radius 3 is 2.52 bits per heavy atom. The van der Waals surface area contributed by atoms with E-state index in [-0.39, 0.29) is 6.61 Å². The summed E-state index contributed by atoms with van der Waals surface area (Å²) in [4.78, 5) is 13.2. The quantitative estimate of drug-likeness (QED) is 0.675. The number of nitrogens with zero attached hydrogens (tertiary/aromatic N) is 6. The maximum absolute atomic E-state index is 9.44. The number of aromatic nitrogens is 4. The van der Waals surface area contributed by atoms with Crippen LogP contribution in [0.25, 0.3) is 5.78 Å². The molecule has 0 unspecified atom stereocenters. The van der Waals surface area contributed by atoms with Crippen molar-refractivity contribution < 1.29 is 5.11 Å². The van der Waals surface area contributed by atoms with Gasteiger partial charge in [0, 0.05) is 32.2 Å². The predicted octanol–water partition coefficient (Wildman–Crippen LogP) is 1.96. The third kappa shape index (κ3) is 4.10. The highest BCUT2D eigenvalue weighted by atomic mass is 16.3. The molecule has 0 saturated carbocycles. The molecule has 0 radical (unpaired) electrons. The van der Waals surface area contributed by atoms with E-state index in [0.717, 1.165) is 37.7 Å². The van der Waals surface area contributed by atoms with Crippen molar-refractivity contribution in [2.75, 3.05) is 42.6 Å². The third-order valence-corrected chi connectivity index (χ3v) is 4.03. The van der Waals surface area contributed by atoms with Crippen LogP contribution in [0.3, 0.4) is 0 Å². The molecule has 0 atom stereocenters. The Bertz CT molecular complexity index is 595. The van der Waals surface area contributed by atoms with Crippen molar-refractivity contribution in [1.82, 2.24) is 19.6 Å². The van der Waals surface area contributed by atoms with Crippen molar-refractivity contribution in [1.29, 1.82) is 0 Å². The van der Waals surface area contributed by atoms with E-state index >= 15 is 0 Å². The maximum Gasteiger partial charge on any atom is 0.256 e. The van der Waals surface area contributed by atoms with Gasteiger partial charge in [-0.05, 0) is 20.3 Å². The molecular weight excluding hydrogens is 292 g/mol. The van der Waals surface area contributed by atoms with Crippen LogP contribution in [-0.4, -0.2) is 57.5 Å². The summed E-state index contributed by atoms with van der Waals surface area (Å²) in [6.45, 7) is 9.80. The Hall–Kier alpha value is -1.89. The molecule has 0 aromatic carbocycles. The van der Waals surface area contributed by atoms with Gasteiger partial charge in [0.1, 0.15) is 18.0 Å². The van der Waals surface area contributed by atoms with Crippen LogP contribution in [-0.2, 0) is 0 Å². The number of hydrogen-bond acceptors (Lipinski definition) is 6. The van der Waals surface area contributed by atoms with Crippen molar-refractivity contribution in [3.8, 4) is 0 Å². The van der Waals surface area contributed by atoms with Gasteiger partial charge < -0.3 is 14.9 Å². The van der Waals surface area contributed by atoms with Crippen molar-refractivity contribution >= 4 is 17.4 Å². The van der Waals surface area contributed by atoms with Crippen molar-refractivity contribution in [3.63, 3.8) is 0 Å². The summed E-state index contributed by atoms with van der Waals surface area (Å²) in [7, 11) is 0.